The van der Waals surface area contributed by atoms with Crippen LogP contribution >= 0.6 is 0 Å². The van der Waals surface area contributed by atoms with E-state index in [1.54, 1.807) is 6.08 Å². The van der Waals surface area contributed by atoms with Gasteiger partial charge in [0.1, 0.15) is 5.60 Å². The molecular weight excluding hydrogens is 224 g/mol. The summed E-state index contributed by atoms with van der Waals surface area (Å²) in [5.74, 6) is -0.152. The first-order valence-electron chi connectivity index (χ1n) is 7.64. The summed E-state index contributed by atoms with van der Waals surface area (Å²) in [4.78, 5) is 11.3. The largest absolute Gasteiger partial charge is 0.452 e. The molecule has 0 saturated carbocycles. The third-order valence-corrected chi connectivity index (χ3v) is 3.73. The second kappa shape index (κ2) is 8.34. The van der Waals surface area contributed by atoms with E-state index >= 15 is 0 Å². The number of esters is 1. The molecule has 2 heteroatoms. The van der Waals surface area contributed by atoms with Gasteiger partial charge >= 0.3 is 5.97 Å². The van der Waals surface area contributed by atoms with Crippen molar-refractivity contribution in [3.63, 3.8) is 0 Å². The molecule has 0 atom stereocenters. The van der Waals surface area contributed by atoms with Gasteiger partial charge < -0.3 is 4.74 Å². The Kier molecular flexibility index (Phi) is 7.07. The quantitative estimate of drug-likeness (QED) is 0.413. The molecule has 0 fully saturated rings. The maximum absolute atomic E-state index is 11.3. The Hall–Kier alpha value is -0.790. The molecule has 1 aliphatic rings. The van der Waals surface area contributed by atoms with Gasteiger partial charge in [0.2, 0.25) is 0 Å². The van der Waals surface area contributed by atoms with Gasteiger partial charge in [-0.1, -0.05) is 52.4 Å². The van der Waals surface area contributed by atoms with E-state index in [0.29, 0.717) is 0 Å². The van der Waals surface area contributed by atoms with Crippen molar-refractivity contribution in [2.24, 2.45) is 0 Å². The van der Waals surface area contributed by atoms with Crippen LogP contribution in [0.15, 0.2) is 12.2 Å². The Morgan fingerprint density at radius 1 is 0.944 bits per heavy atom. The van der Waals surface area contributed by atoms with Crippen LogP contribution in [-0.2, 0) is 9.53 Å². The normalized spacial score (nSPS) is 17.1. The van der Waals surface area contributed by atoms with E-state index in [2.05, 4.69) is 13.8 Å². The summed E-state index contributed by atoms with van der Waals surface area (Å²) in [6.45, 7) is 4.44. The molecule has 0 radical (unpaired) electrons. The molecule has 0 N–H and O–H groups in total. The lowest BCUT2D eigenvalue weighted by molar-refractivity contribution is -0.146. The second-order valence-corrected chi connectivity index (χ2v) is 5.44. The number of cyclic esters (lactones) is 1. The highest BCUT2D eigenvalue weighted by atomic mass is 16.6. The van der Waals surface area contributed by atoms with E-state index < -0.39 is 0 Å². The molecule has 1 heterocycles. The Morgan fingerprint density at radius 2 is 1.50 bits per heavy atom. The first kappa shape index (κ1) is 15.3. The van der Waals surface area contributed by atoms with Crippen molar-refractivity contribution in [1.29, 1.82) is 0 Å². The monoisotopic (exact) mass is 252 g/mol. The van der Waals surface area contributed by atoms with Crippen LogP contribution in [0.25, 0.3) is 0 Å². The zero-order valence-corrected chi connectivity index (χ0v) is 12.0. The van der Waals surface area contributed by atoms with Gasteiger partial charge in [-0.15, -0.1) is 0 Å². The minimum atomic E-state index is -0.265. The van der Waals surface area contributed by atoms with Gasteiger partial charge in [-0.3, -0.25) is 0 Å². The lowest BCUT2D eigenvalue weighted by Crippen LogP contribution is -2.28. The third kappa shape index (κ3) is 5.24. The second-order valence-electron chi connectivity index (χ2n) is 5.44. The first-order valence-corrected chi connectivity index (χ1v) is 7.64. The number of carbonyl (C=O) groups excluding carboxylic acids is 1. The maximum atomic E-state index is 11.3. The molecule has 1 aliphatic heterocycles. The Morgan fingerprint density at radius 3 is 1.89 bits per heavy atom. The lowest BCUT2D eigenvalue weighted by atomic mass is 9.90. The average molecular weight is 252 g/mol. The van der Waals surface area contributed by atoms with Crippen molar-refractivity contribution < 1.29 is 9.53 Å². The number of ether oxygens (including phenoxy) is 1. The molecule has 18 heavy (non-hydrogen) atoms. The van der Waals surface area contributed by atoms with Crippen LogP contribution < -0.4 is 0 Å². The molecule has 0 aromatic rings. The summed E-state index contributed by atoms with van der Waals surface area (Å²) in [5.41, 5.74) is -0.265. The number of rotatable bonds is 10. The van der Waals surface area contributed by atoms with Crippen LogP contribution in [0.2, 0.25) is 0 Å². The van der Waals surface area contributed by atoms with Gasteiger partial charge in [0.15, 0.2) is 0 Å². The van der Waals surface area contributed by atoms with E-state index in [1.165, 1.54) is 51.4 Å². The minimum Gasteiger partial charge on any atom is -0.452 e. The zero-order chi connectivity index (χ0) is 13.3. The molecule has 0 spiro atoms. The van der Waals surface area contributed by atoms with E-state index in [1.807, 2.05) is 6.08 Å². The van der Waals surface area contributed by atoms with Crippen LogP contribution in [0.5, 0.6) is 0 Å². The highest BCUT2D eigenvalue weighted by Crippen LogP contribution is 2.32. The molecule has 0 unspecified atom stereocenters. The van der Waals surface area contributed by atoms with Gasteiger partial charge in [-0.25, -0.2) is 4.79 Å². The fraction of sp³-hybridized carbons (Fsp3) is 0.812. The van der Waals surface area contributed by atoms with Crippen LogP contribution in [0, 0.1) is 0 Å². The molecule has 0 aromatic carbocycles. The summed E-state index contributed by atoms with van der Waals surface area (Å²) in [6, 6.07) is 0. The molecule has 2 nitrogen and oxygen atoms in total. The summed E-state index contributed by atoms with van der Waals surface area (Å²) in [5, 5.41) is 0. The van der Waals surface area contributed by atoms with Crippen molar-refractivity contribution in [2.75, 3.05) is 0 Å². The van der Waals surface area contributed by atoms with Crippen molar-refractivity contribution in [2.45, 2.75) is 83.7 Å². The average Bonchev–Trinajstić information content (AvgIpc) is 2.73. The topological polar surface area (TPSA) is 26.3 Å². The van der Waals surface area contributed by atoms with Crippen molar-refractivity contribution in [3.05, 3.63) is 12.2 Å². The third-order valence-electron chi connectivity index (χ3n) is 3.73. The van der Waals surface area contributed by atoms with Crippen LogP contribution in [0.4, 0.5) is 0 Å². The summed E-state index contributed by atoms with van der Waals surface area (Å²) < 4.78 is 5.56. The SMILES string of the molecule is CCCCCCC1(CCCCCC)C=CC(=O)O1. The molecule has 0 saturated heterocycles. The van der Waals surface area contributed by atoms with E-state index in [0.717, 1.165) is 12.8 Å². The summed E-state index contributed by atoms with van der Waals surface area (Å²) >= 11 is 0. The van der Waals surface area contributed by atoms with Gasteiger partial charge in [0.05, 0.1) is 0 Å². The van der Waals surface area contributed by atoms with E-state index in [9.17, 15) is 4.79 Å². The van der Waals surface area contributed by atoms with Gasteiger partial charge in [-0.05, 0) is 31.8 Å². The standard InChI is InChI=1S/C16H28O2/c1-3-5-7-9-12-16(13-10-8-6-4-2)14-11-15(17)18-16/h11,14H,3-10,12-13H2,1-2H3. The van der Waals surface area contributed by atoms with Gasteiger partial charge in [0.25, 0.3) is 0 Å². The number of carbonyl (C=O) groups is 1. The highest BCUT2D eigenvalue weighted by Gasteiger charge is 2.34. The smallest absolute Gasteiger partial charge is 0.331 e. The highest BCUT2D eigenvalue weighted by molar-refractivity contribution is 5.85. The van der Waals surface area contributed by atoms with Crippen molar-refractivity contribution >= 4 is 5.97 Å². The van der Waals surface area contributed by atoms with Gasteiger partial charge in [-0.2, -0.15) is 0 Å². The van der Waals surface area contributed by atoms with Crippen molar-refractivity contribution in [3.8, 4) is 0 Å². The predicted molar refractivity (Wildman–Crippen MR) is 75.5 cm³/mol. The minimum absolute atomic E-state index is 0.152. The lowest BCUT2D eigenvalue weighted by Gasteiger charge is -2.26. The maximum Gasteiger partial charge on any atom is 0.331 e. The number of unbranched alkanes of at least 4 members (excludes halogenated alkanes) is 6. The van der Waals surface area contributed by atoms with Gasteiger partial charge in [0, 0.05) is 6.08 Å². The fourth-order valence-corrected chi connectivity index (χ4v) is 2.58. The molecule has 0 aliphatic carbocycles. The molecular formula is C16H28O2. The van der Waals surface area contributed by atoms with Crippen LogP contribution in [0.1, 0.15) is 78.1 Å². The molecule has 0 amide bonds. The van der Waals surface area contributed by atoms with Crippen LogP contribution in [-0.4, -0.2) is 11.6 Å². The first-order chi connectivity index (χ1) is 8.72. The van der Waals surface area contributed by atoms with E-state index in [-0.39, 0.29) is 11.6 Å². The van der Waals surface area contributed by atoms with Crippen molar-refractivity contribution in [1.82, 2.24) is 0 Å². The Bertz CT molecular complexity index is 256. The molecule has 0 aromatic heterocycles. The molecule has 104 valence electrons. The Balaban J connectivity index is 2.34. The zero-order valence-electron chi connectivity index (χ0n) is 12.0. The Labute approximate surface area is 112 Å². The summed E-state index contributed by atoms with van der Waals surface area (Å²) in [7, 11) is 0. The predicted octanol–water partition coefficient (Wildman–Crippen LogP) is 4.78. The number of hydrogen-bond acceptors (Lipinski definition) is 2. The fourth-order valence-electron chi connectivity index (χ4n) is 2.58. The molecule has 1 rings (SSSR count). The van der Waals surface area contributed by atoms with Crippen LogP contribution in [0.3, 0.4) is 0 Å². The molecule has 0 bridgehead atoms. The summed E-state index contributed by atoms with van der Waals surface area (Å²) in [6.07, 6.45) is 15.5. The van der Waals surface area contributed by atoms with E-state index in [4.69, 9.17) is 4.74 Å². The number of hydrogen-bond donors (Lipinski definition) is 0.